The Labute approximate surface area is 262 Å². The Kier molecular flexibility index (Phi) is 25.7. The molecule has 0 spiro atoms. The Hall–Kier alpha value is -1.06. The lowest BCUT2D eigenvalue weighted by Crippen LogP contribution is -2.44. The van der Waals surface area contributed by atoms with Crippen molar-refractivity contribution in [3.8, 4) is 0 Å². The van der Waals surface area contributed by atoms with Gasteiger partial charge in [-0.25, -0.2) is 0 Å². The summed E-state index contributed by atoms with van der Waals surface area (Å²) in [4.78, 5) is 23.9. The standard InChI is InChI=1S/C38H74O4/c1-7-11-26-33(9-3)30-38(37(41)42,31-34(10-4)27-12-8-2)35(32(5)6)28-24-22-20-18-16-14-13-15-17-19-21-23-25-29-36(39)40/h32-35H,7-31H2,1-6H3,(H,39,40)(H,41,42). The molecule has 0 aliphatic rings. The first-order valence-electron chi connectivity index (χ1n) is 18.6. The Morgan fingerprint density at radius 1 is 0.548 bits per heavy atom. The van der Waals surface area contributed by atoms with Crippen LogP contribution in [0, 0.1) is 29.1 Å². The minimum absolute atomic E-state index is 0.255. The Morgan fingerprint density at radius 3 is 1.24 bits per heavy atom. The van der Waals surface area contributed by atoms with E-state index in [1.165, 1.54) is 103 Å². The van der Waals surface area contributed by atoms with E-state index in [0.717, 1.165) is 51.4 Å². The molecule has 0 aromatic rings. The molecule has 4 nitrogen and oxygen atoms in total. The van der Waals surface area contributed by atoms with Crippen LogP contribution in [0.4, 0.5) is 0 Å². The van der Waals surface area contributed by atoms with Crippen LogP contribution in [0.2, 0.25) is 0 Å². The van der Waals surface area contributed by atoms with E-state index in [1.54, 1.807) is 0 Å². The molecule has 3 atom stereocenters. The van der Waals surface area contributed by atoms with Gasteiger partial charge in [-0.15, -0.1) is 0 Å². The molecule has 0 rings (SSSR count). The lowest BCUT2D eigenvalue weighted by molar-refractivity contribution is -0.158. The normalized spacial score (nSPS) is 15.4. The Balaban J connectivity index is 4.89. The maximum absolute atomic E-state index is 13.4. The van der Waals surface area contributed by atoms with Gasteiger partial charge in [0.15, 0.2) is 0 Å². The molecular formula is C38H74O4. The maximum Gasteiger partial charge on any atom is 0.309 e. The van der Waals surface area contributed by atoms with E-state index in [0.29, 0.717) is 24.2 Å². The van der Waals surface area contributed by atoms with Gasteiger partial charge in [-0.3, -0.25) is 9.59 Å². The fourth-order valence-corrected chi connectivity index (χ4v) is 7.47. The van der Waals surface area contributed by atoms with Crippen molar-refractivity contribution in [1.82, 2.24) is 0 Å². The van der Waals surface area contributed by atoms with Crippen LogP contribution in [0.1, 0.15) is 202 Å². The van der Waals surface area contributed by atoms with Crippen molar-refractivity contribution in [3.05, 3.63) is 0 Å². The highest BCUT2D eigenvalue weighted by atomic mass is 16.4. The molecule has 0 aromatic carbocycles. The molecule has 0 bridgehead atoms. The highest BCUT2D eigenvalue weighted by Crippen LogP contribution is 2.49. The molecule has 3 unspecified atom stereocenters. The van der Waals surface area contributed by atoms with E-state index in [2.05, 4.69) is 41.5 Å². The average molecular weight is 595 g/mol. The summed E-state index contributed by atoms with van der Waals surface area (Å²) in [6.45, 7) is 13.6. The molecule has 0 aromatic heterocycles. The smallest absolute Gasteiger partial charge is 0.309 e. The van der Waals surface area contributed by atoms with Crippen LogP contribution >= 0.6 is 0 Å². The van der Waals surface area contributed by atoms with Gasteiger partial charge in [-0.1, -0.05) is 170 Å². The Morgan fingerprint density at radius 2 is 0.929 bits per heavy atom. The molecule has 250 valence electrons. The van der Waals surface area contributed by atoms with Crippen LogP contribution in [0.3, 0.4) is 0 Å². The molecule has 2 N–H and O–H groups in total. The maximum atomic E-state index is 13.4. The van der Waals surface area contributed by atoms with Crippen LogP contribution in [-0.4, -0.2) is 22.2 Å². The molecule has 0 amide bonds. The summed E-state index contributed by atoms with van der Waals surface area (Å²) in [6, 6.07) is 0. The van der Waals surface area contributed by atoms with Crippen LogP contribution < -0.4 is 0 Å². The number of hydrogen-bond acceptors (Lipinski definition) is 2. The van der Waals surface area contributed by atoms with Gasteiger partial charge in [0.05, 0.1) is 5.41 Å². The van der Waals surface area contributed by atoms with Crippen molar-refractivity contribution in [1.29, 1.82) is 0 Å². The van der Waals surface area contributed by atoms with Crippen molar-refractivity contribution < 1.29 is 19.8 Å². The van der Waals surface area contributed by atoms with Crippen molar-refractivity contribution in [2.75, 3.05) is 0 Å². The number of unbranched alkanes of at least 4 members (excludes halogenated alkanes) is 14. The highest BCUT2D eigenvalue weighted by Gasteiger charge is 2.48. The third kappa shape index (κ3) is 18.6. The molecule has 0 fully saturated rings. The first-order chi connectivity index (χ1) is 20.2. The summed E-state index contributed by atoms with van der Waals surface area (Å²) in [5.74, 6) is 0.502. The first-order valence-corrected chi connectivity index (χ1v) is 18.6. The second-order valence-corrected chi connectivity index (χ2v) is 14.1. The summed E-state index contributed by atoms with van der Waals surface area (Å²) in [5, 5.41) is 19.7. The van der Waals surface area contributed by atoms with Crippen molar-refractivity contribution in [2.24, 2.45) is 29.1 Å². The lowest BCUT2D eigenvalue weighted by atomic mass is 9.59. The zero-order chi connectivity index (χ0) is 31.6. The number of carboxylic acids is 2. The topological polar surface area (TPSA) is 74.6 Å². The van der Waals surface area contributed by atoms with Gasteiger partial charge in [-0.05, 0) is 49.4 Å². The fourth-order valence-electron chi connectivity index (χ4n) is 7.47. The van der Waals surface area contributed by atoms with Crippen LogP contribution in [-0.2, 0) is 9.59 Å². The summed E-state index contributed by atoms with van der Waals surface area (Å²) >= 11 is 0. The van der Waals surface area contributed by atoms with E-state index < -0.39 is 17.4 Å². The van der Waals surface area contributed by atoms with Crippen molar-refractivity contribution >= 4 is 11.9 Å². The van der Waals surface area contributed by atoms with E-state index in [1.807, 2.05) is 0 Å². The third-order valence-corrected chi connectivity index (χ3v) is 10.2. The van der Waals surface area contributed by atoms with Gasteiger partial charge in [0, 0.05) is 6.42 Å². The number of hydrogen-bond donors (Lipinski definition) is 2. The lowest BCUT2D eigenvalue weighted by Gasteiger charge is -2.44. The third-order valence-electron chi connectivity index (χ3n) is 10.2. The predicted molar refractivity (Wildman–Crippen MR) is 181 cm³/mol. The van der Waals surface area contributed by atoms with Gasteiger partial charge < -0.3 is 10.2 Å². The minimum Gasteiger partial charge on any atom is -0.481 e. The van der Waals surface area contributed by atoms with Crippen molar-refractivity contribution in [2.45, 2.75) is 202 Å². The van der Waals surface area contributed by atoms with E-state index in [4.69, 9.17) is 5.11 Å². The molecule has 42 heavy (non-hydrogen) atoms. The molecule has 0 radical (unpaired) electrons. The quantitative estimate of drug-likeness (QED) is 0.0783. The van der Waals surface area contributed by atoms with Gasteiger partial charge in [0.1, 0.15) is 0 Å². The van der Waals surface area contributed by atoms with Crippen LogP contribution in [0.5, 0.6) is 0 Å². The average Bonchev–Trinajstić information content (AvgIpc) is 2.96. The van der Waals surface area contributed by atoms with Crippen molar-refractivity contribution in [3.63, 3.8) is 0 Å². The molecule has 0 aliphatic carbocycles. The predicted octanol–water partition coefficient (Wildman–Crippen LogP) is 12.5. The van der Waals surface area contributed by atoms with Gasteiger partial charge >= 0.3 is 11.9 Å². The first kappa shape index (κ1) is 40.9. The van der Waals surface area contributed by atoms with E-state index >= 15 is 0 Å². The van der Waals surface area contributed by atoms with Crippen LogP contribution in [0.15, 0.2) is 0 Å². The molecule has 4 heteroatoms. The zero-order valence-corrected chi connectivity index (χ0v) is 29.2. The summed E-state index contributed by atoms with van der Waals surface area (Å²) in [7, 11) is 0. The van der Waals surface area contributed by atoms with Gasteiger partial charge in [0.25, 0.3) is 0 Å². The summed E-state index contributed by atoms with van der Waals surface area (Å²) in [6.07, 6.45) is 28.2. The number of aliphatic carboxylic acids is 2. The second-order valence-electron chi connectivity index (χ2n) is 14.1. The molecule has 0 saturated carbocycles. The largest absolute Gasteiger partial charge is 0.481 e. The SMILES string of the molecule is CCCCC(CC)CC(CC(CC)CCCC)(C(=O)O)C(CCCCCCCCCCCCCCCC(=O)O)C(C)C. The number of carboxylic acid groups (broad SMARTS) is 2. The highest BCUT2D eigenvalue weighted by molar-refractivity contribution is 5.75. The summed E-state index contributed by atoms with van der Waals surface area (Å²) in [5.41, 5.74) is -0.590. The molecule has 0 saturated heterocycles. The molecule has 0 aliphatic heterocycles. The van der Waals surface area contributed by atoms with Gasteiger partial charge in [0.2, 0.25) is 0 Å². The van der Waals surface area contributed by atoms with E-state index in [9.17, 15) is 14.7 Å². The second kappa shape index (κ2) is 26.4. The number of carbonyl (C=O) groups is 2. The molecule has 0 heterocycles. The zero-order valence-electron chi connectivity index (χ0n) is 29.2. The van der Waals surface area contributed by atoms with Crippen LogP contribution in [0.25, 0.3) is 0 Å². The fraction of sp³-hybridized carbons (Fsp3) is 0.947. The van der Waals surface area contributed by atoms with Gasteiger partial charge in [-0.2, -0.15) is 0 Å². The number of rotatable bonds is 31. The Bertz CT molecular complexity index is 625. The summed E-state index contributed by atoms with van der Waals surface area (Å²) < 4.78 is 0. The molecular weight excluding hydrogens is 520 g/mol. The monoisotopic (exact) mass is 595 g/mol. The van der Waals surface area contributed by atoms with E-state index in [-0.39, 0.29) is 5.92 Å². The minimum atomic E-state index is -0.672.